The first-order chi connectivity index (χ1) is 12.9. The van der Waals surface area contributed by atoms with Crippen molar-refractivity contribution in [2.75, 3.05) is 11.9 Å². The van der Waals surface area contributed by atoms with Gasteiger partial charge in [-0.25, -0.2) is 22.9 Å². The molecule has 11 heteroatoms. The van der Waals surface area contributed by atoms with Crippen LogP contribution >= 0.6 is 22.9 Å². The highest BCUT2D eigenvalue weighted by Crippen LogP contribution is 2.25. The molecule has 0 aliphatic rings. The fourth-order valence-corrected chi connectivity index (χ4v) is 4.73. The van der Waals surface area contributed by atoms with Crippen molar-refractivity contribution in [3.8, 4) is 0 Å². The predicted molar refractivity (Wildman–Crippen MR) is 108 cm³/mol. The molecule has 0 saturated carbocycles. The number of esters is 1. The second kappa shape index (κ2) is 8.56. The number of halogens is 1. The number of aromatic nitrogens is 1. The average Bonchev–Trinajstić information content (AvgIpc) is 3.01. The van der Waals surface area contributed by atoms with Gasteiger partial charge in [-0.1, -0.05) is 11.6 Å². The molecular weight excluding hydrogens is 426 g/mol. The highest BCUT2D eigenvalue weighted by Gasteiger charge is 2.25. The molecule has 2 rings (SSSR count). The lowest BCUT2D eigenvalue weighted by Gasteiger charge is -2.21. The van der Waals surface area contributed by atoms with E-state index < -0.39 is 27.4 Å². The smallest absolute Gasteiger partial charge is 0.357 e. The number of ether oxygens (including phenoxy) is 1. The Morgan fingerprint density at radius 3 is 2.57 bits per heavy atom. The van der Waals surface area contributed by atoms with Crippen molar-refractivity contribution in [3.05, 3.63) is 39.9 Å². The van der Waals surface area contributed by atoms with Crippen molar-refractivity contribution >= 4 is 50.0 Å². The molecule has 28 heavy (non-hydrogen) atoms. The number of thiazole rings is 1. The molecule has 0 aliphatic heterocycles. The zero-order chi connectivity index (χ0) is 21.1. The first-order valence-corrected chi connectivity index (χ1v) is 10.9. The van der Waals surface area contributed by atoms with Crippen LogP contribution in [0.1, 0.15) is 48.5 Å². The van der Waals surface area contributed by atoms with Gasteiger partial charge in [0.2, 0.25) is 10.0 Å². The van der Waals surface area contributed by atoms with Gasteiger partial charge >= 0.3 is 5.97 Å². The van der Waals surface area contributed by atoms with Gasteiger partial charge in [0.15, 0.2) is 10.8 Å². The second-order valence-corrected chi connectivity index (χ2v) is 9.63. The van der Waals surface area contributed by atoms with Gasteiger partial charge in [-0.05, 0) is 45.9 Å². The normalized spacial score (nSPS) is 11.9. The van der Waals surface area contributed by atoms with E-state index in [1.807, 2.05) is 0 Å². The fourth-order valence-electron chi connectivity index (χ4n) is 2.11. The quantitative estimate of drug-likeness (QED) is 0.659. The highest BCUT2D eigenvalue weighted by molar-refractivity contribution is 7.89. The number of nitrogens with zero attached hydrogens (tertiary/aromatic N) is 1. The molecule has 152 valence electrons. The van der Waals surface area contributed by atoms with Crippen LogP contribution < -0.4 is 10.0 Å². The number of anilines is 1. The highest BCUT2D eigenvalue weighted by atomic mass is 35.5. The molecule has 0 aliphatic carbocycles. The maximum atomic E-state index is 12.6. The summed E-state index contributed by atoms with van der Waals surface area (Å²) < 4.78 is 32.4. The third kappa shape index (κ3) is 5.74. The molecule has 1 aromatic carbocycles. The molecule has 1 heterocycles. The number of sulfonamides is 1. The average molecular weight is 446 g/mol. The zero-order valence-electron chi connectivity index (χ0n) is 15.7. The number of hydrogen-bond donors (Lipinski definition) is 2. The second-order valence-electron chi connectivity index (χ2n) is 6.71. The lowest BCUT2D eigenvalue weighted by atomic mass is 10.1. The monoisotopic (exact) mass is 445 g/mol. The summed E-state index contributed by atoms with van der Waals surface area (Å²) in [4.78, 5) is 27.9. The number of amides is 1. The predicted octanol–water partition coefficient (Wildman–Crippen LogP) is 3.30. The molecule has 1 aromatic heterocycles. The third-order valence-electron chi connectivity index (χ3n) is 3.13. The molecule has 2 N–H and O–H groups in total. The van der Waals surface area contributed by atoms with Gasteiger partial charge in [0.1, 0.15) is 4.90 Å². The molecule has 2 aromatic rings. The summed E-state index contributed by atoms with van der Waals surface area (Å²) in [6.07, 6.45) is 0. The Hall–Kier alpha value is -2.01. The van der Waals surface area contributed by atoms with Gasteiger partial charge < -0.3 is 4.74 Å². The van der Waals surface area contributed by atoms with Crippen LogP contribution in [0.2, 0.25) is 5.02 Å². The van der Waals surface area contributed by atoms with Crippen molar-refractivity contribution in [1.29, 1.82) is 0 Å². The fraction of sp³-hybridized carbons (Fsp3) is 0.353. The lowest BCUT2D eigenvalue weighted by molar-refractivity contribution is 0.0520. The van der Waals surface area contributed by atoms with Crippen LogP contribution in [0.15, 0.2) is 28.5 Å². The van der Waals surface area contributed by atoms with Crippen LogP contribution in [0.25, 0.3) is 0 Å². The molecule has 0 radical (unpaired) electrons. The van der Waals surface area contributed by atoms with Crippen molar-refractivity contribution < 1.29 is 22.7 Å². The summed E-state index contributed by atoms with van der Waals surface area (Å²) in [6, 6.07) is 3.92. The van der Waals surface area contributed by atoms with E-state index in [9.17, 15) is 18.0 Å². The number of carbonyl (C=O) groups excluding carboxylic acids is 2. The number of carbonyl (C=O) groups is 2. The molecular formula is C17H20ClN3O5S2. The van der Waals surface area contributed by atoms with Gasteiger partial charge in [0, 0.05) is 16.5 Å². The van der Waals surface area contributed by atoms with Gasteiger partial charge in [-0.15, -0.1) is 11.3 Å². The number of rotatable bonds is 6. The Morgan fingerprint density at radius 1 is 1.29 bits per heavy atom. The number of nitrogens with one attached hydrogen (secondary N) is 2. The molecule has 0 saturated heterocycles. The Morgan fingerprint density at radius 2 is 1.96 bits per heavy atom. The zero-order valence-corrected chi connectivity index (χ0v) is 18.1. The van der Waals surface area contributed by atoms with E-state index in [1.165, 1.54) is 23.6 Å². The van der Waals surface area contributed by atoms with E-state index in [2.05, 4.69) is 15.0 Å². The van der Waals surface area contributed by atoms with Crippen molar-refractivity contribution in [3.63, 3.8) is 0 Å². The van der Waals surface area contributed by atoms with Crippen LogP contribution in [0.4, 0.5) is 5.13 Å². The van der Waals surface area contributed by atoms with Gasteiger partial charge in [0.05, 0.1) is 11.6 Å². The molecule has 0 unspecified atom stereocenters. The molecule has 8 nitrogen and oxygen atoms in total. The van der Waals surface area contributed by atoms with E-state index in [4.69, 9.17) is 16.3 Å². The van der Waals surface area contributed by atoms with Crippen molar-refractivity contribution in [2.45, 2.75) is 38.1 Å². The van der Waals surface area contributed by atoms with E-state index in [0.717, 1.165) is 11.3 Å². The largest absolute Gasteiger partial charge is 0.461 e. The lowest BCUT2D eigenvalue weighted by Crippen LogP contribution is -2.40. The van der Waals surface area contributed by atoms with Crippen molar-refractivity contribution in [2.24, 2.45) is 0 Å². The maximum Gasteiger partial charge on any atom is 0.357 e. The summed E-state index contributed by atoms with van der Waals surface area (Å²) >= 11 is 7.08. The summed E-state index contributed by atoms with van der Waals surface area (Å²) in [5, 5.41) is 4.15. The summed E-state index contributed by atoms with van der Waals surface area (Å²) in [6.45, 7) is 6.96. The molecule has 0 bridgehead atoms. The van der Waals surface area contributed by atoms with Gasteiger partial charge in [0.25, 0.3) is 5.91 Å². The van der Waals surface area contributed by atoms with E-state index in [1.54, 1.807) is 27.7 Å². The molecule has 0 fully saturated rings. The summed E-state index contributed by atoms with van der Waals surface area (Å²) in [5.41, 5.74) is -0.562. The van der Waals surface area contributed by atoms with Crippen LogP contribution in [-0.2, 0) is 14.8 Å². The Bertz CT molecular complexity index is 996. The first-order valence-electron chi connectivity index (χ1n) is 8.20. The van der Waals surface area contributed by atoms with Gasteiger partial charge in [-0.3, -0.25) is 10.1 Å². The minimum absolute atomic E-state index is 0.00727. The minimum Gasteiger partial charge on any atom is -0.461 e. The van der Waals surface area contributed by atoms with E-state index >= 15 is 0 Å². The van der Waals surface area contributed by atoms with Gasteiger partial charge in [-0.2, -0.15) is 0 Å². The molecule has 0 spiro atoms. The maximum absolute atomic E-state index is 12.6. The topological polar surface area (TPSA) is 114 Å². The van der Waals surface area contributed by atoms with Crippen LogP contribution in [0.3, 0.4) is 0 Å². The molecule has 0 atom stereocenters. The van der Waals surface area contributed by atoms with Crippen LogP contribution in [0, 0.1) is 0 Å². The van der Waals surface area contributed by atoms with Crippen LogP contribution in [-0.4, -0.2) is 37.4 Å². The Kier molecular flexibility index (Phi) is 6.81. The summed E-state index contributed by atoms with van der Waals surface area (Å²) in [7, 11) is -3.93. The standard InChI is InChI=1S/C17H20ClN3O5S2/c1-5-26-15(23)12-9-27-16(19-12)20-14(22)10-6-7-11(18)13(8-10)28(24,25)21-17(2,3)4/h6-9,21H,5H2,1-4H3,(H,19,20,22). The third-order valence-corrected chi connectivity index (χ3v) is 6.13. The number of hydrogen-bond acceptors (Lipinski definition) is 7. The first kappa shape index (κ1) is 22.3. The van der Waals surface area contributed by atoms with E-state index in [-0.39, 0.29) is 32.9 Å². The molecule has 1 amide bonds. The van der Waals surface area contributed by atoms with Crippen molar-refractivity contribution in [1.82, 2.24) is 9.71 Å². The number of benzene rings is 1. The Labute approximate surface area is 172 Å². The summed E-state index contributed by atoms with van der Waals surface area (Å²) in [5.74, 6) is -1.18. The SMILES string of the molecule is CCOC(=O)c1csc(NC(=O)c2ccc(Cl)c(S(=O)(=O)NC(C)(C)C)c2)n1. The Balaban J connectivity index is 2.24. The van der Waals surface area contributed by atoms with Crippen LogP contribution in [0.5, 0.6) is 0 Å². The van der Waals surface area contributed by atoms with E-state index in [0.29, 0.717) is 0 Å². The minimum atomic E-state index is -3.93.